The standard InChI is InChI=1S/C21H24ClF3N4O2/c1-13(16-4-5-17-20(27-16)31-8-7-30-17)29-6-2-3-14(12-29)11-26-15-9-18(21(23,24)25)28-19(22)10-15/h4-5,9-10,13-14H,2-3,6-8,11-12H2,1H3,(H,26,28). The average molecular weight is 457 g/mol. The number of halogens is 4. The fourth-order valence-corrected chi connectivity index (χ4v) is 4.20. The summed E-state index contributed by atoms with van der Waals surface area (Å²) in [6, 6.07) is 6.35. The van der Waals surface area contributed by atoms with Crippen molar-refractivity contribution in [3.8, 4) is 11.6 Å². The van der Waals surface area contributed by atoms with Gasteiger partial charge in [0.2, 0.25) is 0 Å². The molecule has 10 heteroatoms. The fourth-order valence-electron chi connectivity index (χ4n) is 3.99. The molecule has 0 aromatic carbocycles. The maximum absolute atomic E-state index is 13.0. The number of nitrogens with zero attached hydrogens (tertiary/aromatic N) is 3. The Kier molecular flexibility index (Phi) is 6.43. The maximum Gasteiger partial charge on any atom is 0.433 e. The third-order valence-corrected chi connectivity index (χ3v) is 5.83. The molecule has 1 fully saturated rings. The summed E-state index contributed by atoms with van der Waals surface area (Å²) in [6.45, 7) is 5.42. The van der Waals surface area contributed by atoms with E-state index >= 15 is 0 Å². The first-order valence-electron chi connectivity index (χ1n) is 10.3. The van der Waals surface area contributed by atoms with Crippen molar-refractivity contribution in [3.63, 3.8) is 0 Å². The number of rotatable bonds is 5. The number of nitrogens with one attached hydrogen (secondary N) is 1. The minimum Gasteiger partial charge on any atom is -0.484 e. The summed E-state index contributed by atoms with van der Waals surface area (Å²) >= 11 is 5.78. The Morgan fingerprint density at radius 3 is 2.84 bits per heavy atom. The number of ether oxygens (including phenoxy) is 2. The number of likely N-dealkylation sites (tertiary alicyclic amines) is 1. The van der Waals surface area contributed by atoms with Gasteiger partial charge < -0.3 is 14.8 Å². The molecular weight excluding hydrogens is 433 g/mol. The van der Waals surface area contributed by atoms with Crippen molar-refractivity contribution in [1.82, 2.24) is 14.9 Å². The van der Waals surface area contributed by atoms with Gasteiger partial charge in [0, 0.05) is 24.8 Å². The van der Waals surface area contributed by atoms with E-state index in [0.29, 0.717) is 37.1 Å². The topological polar surface area (TPSA) is 59.5 Å². The predicted molar refractivity (Wildman–Crippen MR) is 111 cm³/mol. The number of fused-ring (bicyclic) bond motifs is 1. The van der Waals surface area contributed by atoms with Gasteiger partial charge in [-0.1, -0.05) is 11.6 Å². The van der Waals surface area contributed by atoms with Crippen molar-refractivity contribution in [2.24, 2.45) is 5.92 Å². The third kappa shape index (κ3) is 5.33. The van der Waals surface area contributed by atoms with E-state index in [1.807, 2.05) is 12.1 Å². The highest BCUT2D eigenvalue weighted by Gasteiger charge is 2.33. The molecular formula is C21H24ClF3N4O2. The molecule has 1 saturated heterocycles. The molecule has 1 N–H and O–H groups in total. The Balaban J connectivity index is 1.38. The van der Waals surface area contributed by atoms with Crippen LogP contribution in [0.3, 0.4) is 0 Å². The number of hydrogen-bond donors (Lipinski definition) is 1. The fraction of sp³-hybridized carbons (Fsp3) is 0.524. The normalized spacial score (nSPS) is 20.4. The second-order valence-electron chi connectivity index (χ2n) is 7.86. The van der Waals surface area contributed by atoms with E-state index in [9.17, 15) is 13.2 Å². The zero-order valence-corrected chi connectivity index (χ0v) is 17.8. The minimum atomic E-state index is -4.53. The molecule has 4 rings (SSSR count). The summed E-state index contributed by atoms with van der Waals surface area (Å²) in [7, 11) is 0. The highest BCUT2D eigenvalue weighted by molar-refractivity contribution is 6.29. The molecule has 2 unspecified atom stereocenters. The zero-order valence-electron chi connectivity index (χ0n) is 17.1. The Labute approximate surface area is 183 Å². The van der Waals surface area contributed by atoms with Crippen LogP contribution in [0.4, 0.5) is 18.9 Å². The van der Waals surface area contributed by atoms with Gasteiger partial charge in [-0.15, -0.1) is 0 Å². The second-order valence-corrected chi connectivity index (χ2v) is 8.25. The van der Waals surface area contributed by atoms with E-state index in [0.717, 1.165) is 37.7 Å². The van der Waals surface area contributed by atoms with E-state index in [4.69, 9.17) is 21.1 Å². The molecule has 2 aromatic heterocycles. The molecule has 2 aliphatic heterocycles. The number of aromatic nitrogens is 2. The molecule has 0 amide bonds. The lowest BCUT2D eigenvalue weighted by atomic mass is 9.96. The molecule has 2 atom stereocenters. The molecule has 6 nitrogen and oxygen atoms in total. The van der Waals surface area contributed by atoms with Gasteiger partial charge in [0.25, 0.3) is 5.88 Å². The van der Waals surface area contributed by atoms with Gasteiger partial charge in [0.05, 0.1) is 5.69 Å². The van der Waals surface area contributed by atoms with Crippen molar-refractivity contribution >= 4 is 17.3 Å². The van der Waals surface area contributed by atoms with Crippen molar-refractivity contribution in [2.75, 3.05) is 38.2 Å². The Hall–Kier alpha value is -2.26. The summed E-state index contributed by atoms with van der Waals surface area (Å²) in [5.41, 5.74) is 0.241. The molecule has 2 aliphatic rings. The van der Waals surface area contributed by atoms with Gasteiger partial charge in [0.15, 0.2) is 5.75 Å². The van der Waals surface area contributed by atoms with Gasteiger partial charge in [-0.2, -0.15) is 13.2 Å². The summed E-state index contributed by atoms with van der Waals surface area (Å²) in [5, 5.41) is 2.92. The Morgan fingerprint density at radius 1 is 1.23 bits per heavy atom. The van der Waals surface area contributed by atoms with E-state index in [-0.39, 0.29) is 17.1 Å². The molecule has 4 heterocycles. The monoisotopic (exact) mass is 456 g/mol. The summed E-state index contributed by atoms with van der Waals surface area (Å²) in [4.78, 5) is 10.3. The van der Waals surface area contributed by atoms with Crippen molar-refractivity contribution in [1.29, 1.82) is 0 Å². The third-order valence-electron chi connectivity index (χ3n) is 5.63. The highest BCUT2D eigenvalue weighted by Crippen LogP contribution is 2.33. The summed E-state index contributed by atoms with van der Waals surface area (Å²) < 4.78 is 50.0. The van der Waals surface area contributed by atoms with Crippen LogP contribution in [-0.4, -0.2) is 47.7 Å². The SMILES string of the molecule is CC(c1ccc2c(n1)OCCO2)N1CCCC(CNc2cc(Cl)nc(C(F)(F)F)c2)C1. The van der Waals surface area contributed by atoms with Crippen LogP contribution in [0, 0.1) is 5.92 Å². The van der Waals surface area contributed by atoms with Gasteiger partial charge in [-0.25, -0.2) is 9.97 Å². The van der Waals surface area contributed by atoms with Gasteiger partial charge in [0.1, 0.15) is 24.1 Å². The number of hydrogen-bond acceptors (Lipinski definition) is 6. The molecule has 168 valence electrons. The molecule has 0 aliphatic carbocycles. The summed E-state index contributed by atoms with van der Waals surface area (Å²) in [6.07, 6.45) is -2.53. The van der Waals surface area contributed by atoms with Crippen LogP contribution < -0.4 is 14.8 Å². The Bertz CT molecular complexity index is 928. The van der Waals surface area contributed by atoms with E-state index in [1.54, 1.807) is 0 Å². The molecule has 0 saturated carbocycles. The van der Waals surface area contributed by atoms with Crippen LogP contribution in [0.25, 0.3) is 0 Å². The average Bonchev–Trinajstić information content (AvgIpc) is 2.76. The molecule has 0 bridgehead atoms. The molecule has 0 spiro atoms. The van der Waals surface area contributed by atoms with Crippen molar-refractivity contribution in [2.45, 2.75) is 32.0 Å². The zero-order chi connectivity index (χ0) is 22.0. The first-order chi connectivity index (χ1) is 14.8. The molecule has 2 aromatic rings. The minimum absolute atomic E-state index is 0.0887. The molecule has 0 radical (unpaired) electrons. The van der Waals surface area contributed by atoms with Crippen LogP contribution in [0.5, 0.6) is 11.6 Å². The first-order valence-corrected chi connectivity index (χ1v) is 10.7. The van der Waals surface area contributed by atoms with Crippen LogP contribution in [0.1, 0.15) is 37.2 Å². The largest absolute Gasteiger partial charge is 0.484 e. The van der Waals surface area contributed by atoms with E-state index < -0.39 is 11.9 Å². The summed E-state index contributed by atoms with van der Waals surface area (Å²) in [5.74, 6) is 1.48. The first kappa shape index (κ1) is 22.0. The van der Waals surface area contributed by atoms with Gasteiger partial charge in [-0.3, -0.25) is 4.90 Å². The number of anilines is 1. The smallest absolute Gasteiger partial charge is 0.433 e. The van der Waals surface area contributed by atoms with Crippen LogP contribution in [-0.2, 0) is 6.18 Å². The molecule has 31 heavy (non-hydrogen) atoms. The lowest BCUT2D eigenvalue weighted by Gasteiger charge is -2.37. The lowest BCUT2D eigenvalue weighted by Crippen LogP contribution is -2.39. The second kappa shape index (κ2) is 9.08. The number of alkyl halides is 3. The highest BCUT2D eigenvalue weighted by atomic mass is 35.5. The van der Waals surface area contributed by atoms with Gasteiger partial charge in [-0.05, 0) is 56.5 Å². The van der Waals surface area contributed by atoms with Crippen molar-refractivity contribution in [3.05, 3.63) is 40.8 Å². The van der Waals surface area contributed by atoms with Crippen LogP contribution >= 0.6 is 11.6 Å². The van der Waals surface area contributed by atoms with E-state index in [1.165, 1.54) is 6.07 Å². The van der Waals surface area contributed by atoms with Crippen molar-refractivity contribution < 1.29 is 22.6 Å². The predicted octanol–water partition coefficient (Wildman–Crippen LogP) is 4.81. The quantitative estimate of drug-likeness (QED) is 0.652. The van der Waals surface area contributed by atoms with Gasteiger partial charge >= 0.3 is 6.18 Å². The Morgan fingerprint density at radius 2 is 2.03 bits per heavy atom. The van der Waals surface area contributed by atoms with Crippen LogP contribution in [0.15, 0.2) is 24.3 Å². The van der Waals surface area contributed by atoms with Crippen LogP contribution in [0.2, 0.25) is 5.15 Å². The lowest BCUT2D eigenvalue weighted by molar-refractivity contribution is -0.141. The number of piperidine rings is 1. The number of pyridine rings is 2. The maximum atomic E-state index is 13.0. The van der Waals surface area contributed by atoms with E-state index in [2.05, 4.69) is 27.1 Å².